The molecule has 1 heterocycles. The van der Waals surface area contributed by atoms with Crippen molar-refractivity contribution in [1.82, 2.24) is 26.6 Å². The quantitative estimate of drug-likeness (QED) is 0.0802. The monoisotopic (exact) mass is 701 g/mol. The molecule has 0 saturated heterocycles. The fourth-order valence-corrected chi connectivity index (χ4v) is 5.44. The number of phenolic OH excluding ortho intramolecular Hbond substituents is 1. The highest BCUT2D eigenvalue weighted by molar-refractivity contribution is 5.96. The van der Waals surface area contributed by atoms with Crippen molar-refractivity contribution in [3.05, 3.63) is 42.0 Å². The first kappa shape index (κ1) is 41.7. The Kier molecular flexibility index (Phi) is 18.6. The van der Waals surface area contributed by atoms with Crippen molar-refractivity contribution >= 4 is 35.5 Å². The summed E-state index contributed by atoms with van der Waals surface area (Å²) in [7, 11) is 0. The summed E-state index contributed by atoms with van der Waals surface area (Å²) in [6.45, 7) is 4.44. The van der Waals surface area contributed by atoms with Gasteiger partial charge in [0.05, 0.1) is 0 Å². The van der Waals surface area contributed by atoms with Gasteiger partial charge in [-0.15, -0.1) is 0 Å². The molecule has 0 bridgehead atoms. The van der Waals surface area contributed by atoms with E-state index in [-0.39, 0.29) is 49.7 Å². The zero-order valence-corrected chi connectivity index (χ0v) is 29.1. The van der Waals surface area contributed by atoms with E-state index in [0.717, 1.165) is 0 Å². The number of phenols is 1. The second-order valence-electron chi connectivity index (χ2n) is 13.0. The van der Waals surface area contributed by atoms with Gasteiger partial charge in [0.15, 0.2) is 0 Å². The van der Waals surface area contributed by atoms with Crippen LogP contribution in [0.15, 0.2) is 36.4 Å². The van der Waals surface area contributed by atoms with Gasteiger partial charge in [0.25, 0.3) is 0 Å². The Hall–Kier alpha value is -4.50. The van der Waals surface area contributed by atoms with Crippen LogP contribution in [0.2, 0.25) is 0 Å². The molecule has 50 heavy (non-hydrogen) atoms. The van der Waals surface area contributed by atoms with E-state index in [1.807, 2.05) is 13.8 Å². The van der Waals surface area contributed by atoms with Gasteiger partial charge in [0.1, 0.15) is 36.0 Å². The molecule has 0 aliphatic carbocycles. The highest BCUT2D eigenvalue weighted by atomic mass is 16.4. The summed E-state index contributed by atoms with van der Waals surface area (Å²) in [4.78, 5) is 79.1. The summed E-state index contributed by atoms with van der Waals surface area (Å²) in [5, 5.41) is 32.9. The number of allylic oxidation sites excluding steroid dienone is 1. The number of aliphatic carboxylic acids is 1. The second kappa shape index (κ2) is 22.3. The first-order valence-corrected chi connectivity index (χ1v) is 17.4. The van der Waals surface area contributed by atoms with Crippen molar-refractivity contribution in [3.63, 3.8) is 0 Å². The average molecular weight is 702 g/mol. The van der Waals surface area contributed by atoms with Crippen LogP contribution in [0.25, 0.3) is 0 Å². The Morgan fingerprint density at radius 1 is 0.840 bits per heavy atom. The number of rotatable bonds is 17. The Morgan fingerprint density at radius 2 is 1.44 bits per heavy atom. The van der Waals surface area contributed by atoms with E-state index >= 15 is 0 Å². The molecule has 5 atom stereocenters. The first-order chi connectivity index (χ1) is 23.8. The number of carboxylic acid groups (broad SMARTS) is 1. The van der Waals surface area contributed by atoms with E-state index in [4.69, 9.17) is 11.5 Å². The second-order valence-corrected chi connectivity index (χ2v) is 13.0. The van der Waals surface area contributed by atoms with Crippen molar-refractivity contribution in [2.24, 2.45) is 17.4 Å². The molecule has 1 aromatic rings. The third-order valence-corrected chi connectivity index (χ3v) is 8.22. The van der Waals surface area contributed by atoms with Crippen LogP contribution in [0.4, 0.5) is 0 Å². The number of carbonyl (C=O) groups excluding carboxylic acids is 5. The van der Waals surface area contributed by atoms with E-state index in [1.165, 1.54) is 12.1 Å². The van der Waals surface area contributed by atoms with Crippen LogP contribution in [-0.4, -0.2) is 89.0 Å². The van der Waals surface area contributed by atoms with Gasteiger partial charge in [-0.3, -0.25) is 24.0 Å². The standard InChI is InChI=1S/C35H55N7O8/c1-22(2)20-29(35(49)50)42-34(48)28(21-23-14-16-24(43)17-15-23)41-33(47)26-10-4-3-5-13-30(44)38-25(11-6-8-18-36)31(45)39-27(32(46)40-26)12-7-9-19-37/h3-4,14-17,22,25-29,43H,5-13,18-21,36-37H2,1-2H3,(H,38,44)(H,39,45)(H,40,46)(H,41,47)(H,42,48)(H,49,50)/b4-3+/t25-,26-,27-,28-,29-/m0/s1. The summed E-state index contributed by atoms with van der Waals surface area (Å²) in [6.07, 6.45) is 6.77. The van der Waals surface area contributed by atoms with Gasteiger partial charge in [-0.05, 0) is 94.5 Å². The number of hydrogen-bond donors (Lipinski definition) is 9. The lowest BCUT2D eigenvalue weighted by molar-refractivity contribution is -0.142. The van der Waals surface area contributed by atoms with Gasteiger partial charge in [0.2, 0.25) is 29.5 Å². The van der Waals surface area contributed by atoms with Crippen molar-refractivity contribution in [2.75, 3.05) is 13.1 Å². The molecule has 5 amide bonds. The number of nitrogens with two attached hydrogens (primary N) is 2. The lowest BCUT2D eigenvalue weighted by Gasteiger charge is -2.27. The minimum atomic E-state index is -1.24. The van der Waals surface area contributed by atoms with E-state index in [2.05, 4.69) is 26.6 Å². The molecular weight excluding hydrogens is 646 g/mol. The predicted molar refractivity (Wildman–Crippen MR) is 187 cm³/mol. The minimum Gasteiger partial charge on any atom is -0.508 e. The molecule has 1 aliphatic heterocycles. The zero-order valence-electron chi connectivity index (χ0n) is 29.1. The maximum atomic E-state index is 13.8. The van der Waals surface area contributed by atoms with Crippen LogP contribution in [-0.2, 0) is 35.2 Å². The van der Waals surface area contributed by atoms with Crippen molar-refractivity contribution in [3.8, 4) is 5.75 Å². The van der Waals surface area contributed by atoms with Gasteiger partial charge in [-0.1, -0.05) is 38.1 Å². The van der Waals surface area contributed by atoms with Gasteiger partial charge in [-0.25, -0.2) is 4.79 Å². The van der Waals surface area contributed by atoms with Crippen molar-refractivity contribution in [2.45, 2.75) is 115 Å². The highest BCUT2D eigenvalue weighted by Crippen LogP contribution is 2.14. The number of aromatic hydroxyl groups is 1. The van der Waals surface area contributed by atoms with Crippen LogP contribution in [0, 0.1) is 5.92 Å². The number of amides is 5. The summed E-state index contributed by atoms with van der Waals surface area (Å²) in [6, 6.07) is 0.440. The van der Waals surface area contributed by atoms with E-state index in [0.29, 0.717) is 57.2 Å². The van der Waals surface area contributed by atoms with Crippen LogP contribution in [0.3, 0.4) is 0 Å². The predicted octanol–water partition coefficient (Wildman–Crippen LogP) is 0.488. The number of hydrogen-bond acceptors (Lipinski definition) is 9. The Bertz CT molecular complexity index is 1300. The molecular formula is C35H55N7O8. The zero-order chi connectivity index (χ0) is 37.1. The number of carboxylic acids is 1. The smallest absolute Gasteiger partial charge is 0.326 e. The van der Waals surface area contributed by atoms with Crippen LogP contribution < -0.4 is 38.1 Å². The summed E-state index contributed by atoms with van der Waals surface area (Å²) in [5.41, 5.74) is 11.9. The topological polar surface area (TPSA) is 255 Å². The van der Waals surface area contributed by atoms with Gasteiger partial charge >= 0.3 is 5.97 Å². The Balaban J connectivity index is 2.39. The lowest BCUT2D eigenvalue weighted by atomic mass is 10.0. The van der Waals surface area contributed by atoms with Crippen molar-refractivity contribution in [1.29, 1.82) is 0 Å². The van der Waals surface area contributed by atoms with Crippen molar-refractivity contribution < 1.29 is 39.0 Å². The normalized spacial score (nSPS) is 20.7. The van der Waals surface area contributed by atoms with Crippen LogP contribution in [0.5, 0.6) is 5.75 Å². The molecule has 0 saturated carbocycles. The number of unbranched alkanes of at least 4 members (excludes halogenated alkanes) is 2. The van der Waals surface area contributed by atoms with E-state index in [1.54, 1.807) is 24.3 Å². The minimum absolute atomic E-state index is 0.00300. The number of benzene rings is 1. The molecule has 0 radical (unpaired) electrons. The lowest BCUT2D eigenvalue weighted by Crippen LogP contribution is -2.59. The summed E-state index contributed by atoms with van der Waals surface area (Å²) >= 11 is 0. The molecule has 0 spiro atoms. The van der Waals surface area contributed by atoms with E-state index in [9.17, 15) is 39.0 Å². The molecule has 0 fully saturated rings. The summed E-state index contributed by atoms with van der Waals surface area (Å²) < 4.78 is 0. The fraction of sp³-hybridized carbons (Fsp3) is 0.600. The molecule has 15 heteroatoms. The molecule has 11 N–H and O–H groups in total. The largest absolute Gasteiger partial charge is 0.508 e. The molecule has 1 aromatic carbocycles. The van der Waals surface area contributed by atoms with Gasteiger partial charge < -0.3 is 48.3 Å². The molecule has 0 unspecified atom stereocenters. The molecule has 15 nitrogen and oxygen atoms in total. The van der Waals surface area contributed by atoms with E-state index < -0.39 is 59.8 Å². The SMILES string of the molecule is CC(C)C[C@H](NC(=O)[C@H](Cc1ccc(O)cc1)NC(=O)[C@@H]1C/C=C/CCC(=O)N[C@@H](CCCCN)C(=O)N[C@@H](CCCCN)C(=O)N1)C(=O)O. The third kappa shape index (κ3) is 15.4. The maximum Gasteiger partial charge on any atom is 0.326 e. The van der Waals surface area contributed by atoms with Gasteiger partial charge in [0, 0.05) is 12.8 Å². The summed E-state index contributed by atoms with van der Waals surface area (Å²) in [5.74, 6) is -4.20. The molecule has 2 rings (SSSR count). The highest BCUT2D eigenvalue weighted by Gasteiger charge is 2.32. The van der Waals surface area contributed by atoms with Crippen LogP contribution >= 0.6 is 0 Å². The molecule has 1 aliphatic rings. The first-order valence-electron chi connectivity index (χ1n) is 17.4. The number of nitrogens with one attached hydrogen (secondary N) is 5. The Labute approximate surface area is 293 Å². The third-order valence-electron chi connectivity index (χ3n) is 8.22. The fourth-order valence-electron chi connectivity index (χ4n) is 5.44. The molecule has 278 valence electrons. The molecule has 0 aromatic heterocycles. The number of carbonyl (C=O) groups is 6. The Morgan fingerprint density at radius 3 is 2.02 bits per heavy atom. The van der Waals surface area contributed by atoms with Crippen LogP contribution in [0.1, 0.15) is 83.6 Å². The average Bonchev–Trinajstić information content (AvgIpc) is 3.06. The maximum absolute atomic E-state index is 13.8. The van der Waals surface area contributed by atoms with Gasteiger partial charge in [-0.2, -0.15) is 0 Å².